The highest BCUT2D eigenvalue weighted by molar-refractivity contribution is 5.76. The molecule has 0 saturated carbocycles. The van der Waals surface area contributed by atoms with Crippen LogP contribution in [0.2, 0.25) is 0 Å². The van der Waals surface area contributed by atoms with Crippen molar-refractivity contribution in [2.75, 3.05) is 20.1 Å². The van der Waals surface area contributed by atoms with Gasteiger partial charge in [-0.15, -0.1) is 0 Å². The smallest absolute Gasteiger partial charge is 0.222 e. The summed E-state index contributed by atoms with van der Waals surface area (Å²) in [5.41, 5.74) is 0. The van der Waals surface area contributed by atoms with E-state index >= 15 is 0 Å². The van der Waals surface area contributed by atoms with Gasteiger partial charge in [-0.05, 0) is 38.8 Å². The summed E-state index contributed by atoms with van der Waals surface area (Å²) in [5.74, 6) is 0.323. The summed E-state index contributed by atoms with van der Waals surface area (Å²) in [5, 5.41) is 3.38. The van der Waals surface area contributed by atoms with Gasteiger partial charge in [-0.3, -0.25) is 4.79 Å². The monoisotopic (exact) mass is 212 g/mol. The molecule has 3 heteroatoms. The van der Waals surface area contributed by atoms with Crippen molar-refractivity contribution in [3.63, 3.8) is 0 Å². The highest BCUT2D eigenvalue weighted by atomic mass is 16.2. The van der Waals surface area contributed by atoms with Gasteiger partial charge in [0.2, 0.25) is 5.91 Å². The SMILES string of the molecule is CCCCC(=O)N(C)C1CCCNCC1. The first-order valence-corrected chi connectivity index (χ1v) is 6.22. The lowest BCUT2D eigenvalue weighted by molar-refractivity contribution is -0.132. The second-order valence-electron chi connectivity index (χ2n) is 4.44. The minimum absolute atomic E-state index is 0.323. The van der Waals surface area contributed by atoms with Crippen molar-refractivity contribution in [3.05, 3.63) is 0 Å². The average molecular weight is 212 g/mol. The van der Waals surface area contributed by atoms with Crippen LogP contribution in [0, 0.1) is 0 Å². The quantitative estimate of drug-likeness (QED) is 0.770. The third-order valence-electron chi connectivity index (χ3n) is 3.23. The molecule has 0 aromatic rings. The van der Waals surface area contributed by atoms with Crippen molar-refractivity contribution in [1.29, 1.82) is 0 Å². The zero-order valence-electron chi connectivity index (χ0n) is 10.1. The van der Waals surface area contributed by atoms with E-state index < -0.39 is 0 Å². The Morgan fingerprint density at radius 2 is 2.20 bits per heavy atom. The maximum Gasteiger partial charge on any atom is 0.222 e. The van der Waals surface area contributed by atoms with Crippen molar-refractivity contribution in [3.8, 4) is 0 Å². The fourth-order valence-corrected chi connectivity index (χ4v) is 2.10. The molecule has 15 heavy (non-hydrogen) atoms. The summed E-state index contributed by atoms with van der Waals surface area (Å²) in [6, 6.07) is 0.462. The van der Waals surface area contributed by atoms with Crippen molar-refractivity contribution in [1.82, 2.24) is 10.2 Å². The standard InChI is InChI=1S/C12H24N2O/c1-3-4-7-12(15)14(2)11-6-5-9-13-10-8-11/h11,13H,3-10H2,1-2H3. The first kappa shape index (κ1) is 12.5. The summed E-state index contributed by atoms with van der Waals surface area (Å²) in [7, 11) is 1.97. The van der Waals surface area contributed by atoms with Crippen molar-refractivity contribution < 1.29 is 4.79 Å². The van der Waals surface area contributed by atoms with E-state index in [2.05, 4.69) is 12.2 Å². The molecule has 0 radical (unpaired) electrons. The van der Waals surface area contributed by atoms with E-state index in [1.54, 1.807) is 0 Å². The van der Waals surface area contributed by atoms with Gasteiger partial charge in [-0.2, -0.15) is 0 Å². The Morgan fingerprint density at radius 1 is 1.40 bits per heavy atom. The number of hydrogen-bond donors (Lipinski definition) is 1. The van der Waals surface area contributed by atoms with Gasteiger partial charge in [0, 0.05) is 19.5 Å². The molecular weight excluding hydrogens is 188 g/mol. The number of amides is 1. The topological polar surface area (TPSA) is 32.3 Å². The lowest BCUT2D eigenvalue weighted by Gasteiger charge is -2.27. The van der Waals surface area contributed by atoms with Gasteiger partial charge in [0.25, 0.3) is 0 Å². The van der Waals surface area contributed by atoms with Crippen LogP contribution in [0.25, 0.3) is 0 Å². The van der Waals surface area contributed by atoms with Crippen LogP contribution in [0.5, 0.6) is 0 Å². The molecule has 1 aliphatic rings. The number of unbranched alkanes of at least 4 members (excludes halogenated alkanes) is 1. The van der Waals surface area contributed by atoms with Gasteiger partial charge in [-0.25, -0.2) is 0 Å². The van der Waals surface area contributed by atoms with Gasteiger partial charge in [-0.1, -0.05) is 13.3 Å². The maximum absolute atomic E-state index is 11.8. The number of hydrogen-bond acceptors (Lipinski definition) is 2. The number of carbonyl (C=O) groups excluding carboxylic acids is 1. The second-order valence-corrected chi connectivity index (χ2v) is 4.44. The lowest BCUT2D eigenvalue weighted by Crippen LogP contribution is -2.37. The molecule has 0 bridgehead atoms. The van der Waals surface area contributed by atoms with Gasteiger partial charge in [0.15, 0.2) is 0 Å². The van der Waals surface area contributed by atoms with Gasteiger partial charge < -0.3 is 10.2 Å². The van der Waals surface area contributed by atoms with E-state index in [4.69, 9.17) is 0 Å². The maximum atomic E-state index is 11.8. The van der Waals surface area contributed by atoms with Crippen LogP contribution < -0.4 is 5.32 Å². The van der Waals surface area contributed by atoms with Crippen LogP contribution in [-0.4, -0.2) is 37.0 Å². The molecule has 1 saturated heterocycles. The molecule has 1 fully saturated rings. The Balaban J connectivity index is 2.35. The number of nitrogens with zero attached hydrogens (tertiary/aromatic N) is 1. The minimum Gasteiger partial charge on any atom is -0.343 e. The molecule has 0 spiro atoms. The molecule has 1 rings (SSSR count). The molecule has 1 unspecified atom stereocenters. The predicted molar refractivity (Wildman–Crippen MR) is 62.8 cm³/mol. The Labute approximate surface area is 93.2 Å². The molecule has 0 aliphatic carbocycles. The molecule has 3 nitrogen and oxygen atoms in total. The summed E-state index contributed by atoms with van der Waals surface area (Å²) in [6.45, 7) is 4.28. The van der Waals surface area contributed by atoms with Crippen molar-refractivity contribution in [2.24, 2.45) is 0 Å². The van der Waals surface area contributed by atoms with Crippen LogP contribution in [0.3, 0.4) is 0 Å². The summed E-state index contributed by atoms with van der Waals surface area (Å²) < 4.78 is 0. The number of nitrogens with one attached hydrogen (secondary N) is 1. The molecule has 1 amide bonds. The summed E-state index contributed by atoms with van der Waals surface area (Å²) >= 11 is 0. The minimum atomic E-state index is 0.323. The zero-order valence-corrected chi connectivity index (χ0v) is 10.1. The van der Waals surface area contributed by atoms with E-state index in [-0.39, 0.29) is 0 Å². The van der Waals surface area contributed by atoms with Gasteiger partial charge in [0.1, 0.15) is 0 Å². The number of rotatable bonds is 4. The summed E-state index contributed by atoms with van der Waals surface area (Å²) in [6.07, 6.45) is 6.29. The molecular formula is C12H24N2O. The van der Waals surface area contributed by atoms with E-state index in [1.807, 2.05) is 11.9 Å². The zero-order chi connectivity index (χ0) is 11.1. The highest BCUT2D eigenvalue weighted by Crippen LogP contribution is 2.13. The van der Waals surface area contributed by atoms with Crippen LogP contribution in [0.1, 0.15) is 45.4 Å². The third-order valence-corrected chi connectivity index (χ3v) is 3.23. The normalized spacial score (nSPS) is 22.1. The molecule has 88 valence electrons. The average Bonchev–Trinajstić information content (AvgIpc) is 2.53. The predicted octanol–water partition coefficient (Wildman–Crippen LogP) is 1.78. The van der Waals surface area contributed by atoms with E-state index in [0.29, 0.717) is 11.9 Å². The van der Waals surface area contributed by atoms with E-state index in [9.17, 15) is 4.79 Å². The van der Waals surface area contributed by atoms with Crippen LogP contribution in [0.4, 0.5) is 0 Å². The molecule has 1 aliphatic heterocycles. The summed E-state index contributed by atoms with van der Waals surface area (Å²) in [4.78, 5) is 13.8. The molecule has 0 aromatic carbocycles. The molecule has 0 aromatic heterocycles. The first-order chi connectivity index (χ1) is 7.25. The van der Waals surface area contributed by atoms with E-state index in [1.165, 1.54) is 6.42 Å². The Morgan fingerprint density at radius 3 is 2.93 bits per heavy atom. The molecule has 1 heterocycles. The molecule has 1 N–H and O–H groups in total. The third kappa shape index (κ3) is 4.20. The first-order valence-electron chi connectivity index (χ1n) is 6.22. The van der Waals surface area contributed by atoms with E-state index in [0.717, 1.165) is 45.2 Å². The largest absolute Gasteiger partial charge is 0.343 e. The van der Waals surface area contributed by atoms with Crippen LogP contribution in [-0.2, 0) is 4.79 Å². The van der Waals surface area contributed by atoms with Crippen molar-refractivity contribution >= 4 is 5.91 Å². The Kier molecular flexibility index (Phi) is 5.69. The lowest BCUT2D eigenvalue weighted by atomic mass is 10.1. The van der Waals surface area contributed by atoms with Crippen molar-refractivity contribution in [2.45, 2.75) is 51.5 Å². The molecule has 1 atom stereocenters. The van der Waals surface area contributed by atoms with Gasteiger partial charge >= 0.3 is 0 Å². The highest BCUT2D eigenvalue weighted by Gasteiger charge is 2.20. The Bertz CT molecular complexity index is 186. The number of carbonyl (C=O) groups is 1. The fourth-order valence-electron chi connectivity index (χ4n) is 2.10. The van der Waals surface area contributed by atoms with Crippen LogP contribution >= 0.6 is 0 Å². The Hall–Kier alpha value is -0.570. The fraction of sp³-hybridized carbons (Fsp3) is 0.917. The van der Waals surface area contributed by atoms with Crippen LogP contribution in [0.15, 0.2) is 0 Å². The van der Waals surface area contributed by atoms with Gasteiger partial charge in [0.05, 0.1) is 0 Å². The second kappa shape index (κ2) is 6.83.